The molecule has 1 heterocycles. The lowest BCUT2D eigenvalue weighted by Gasteiger charge is -2.16. The average molecular weight is 238 g/mol. The molecule has 1 aliphatic rings. The van der Waals surface area contributed by atoms with Crippen LogP contribution in [0.3, 0.4) is 0 Å². The zero-order chi connectivity index (χ0) is 12.3. The van der Waals surface area contributed by atoms with E-state index in [4.69, 9.17) is 9.26 Å². The van der Waals surface area contributed by atoms with Gasteiger partial charge in [0.25, 0.3) is 5.91 Å². The molecule has 1 aromatic rings. The molecule has 2 rings (SSSR count). The number of ether oxygens (including phenoxy) is 1. The molecule has 1 N–H and O–H groups in total. The lowest BCUT2D eigenvalue weighted by atomic mass is 9.88. The topological polar surface area (TPSA) is 64.4 Å². The standard InChI is InChI=1S/C12H18N2O3/c1-8-3-4-10-9(7-8)11(14-17-10)12(15)13-5-6-16-2/h8H,3-7H2,1-2H3,(H,13,15). The molecule has 1 atom stereocenters. The Balaban J connectivity index is 2.06. The highest BCUT2D eigenvalue weighted by Gasteiger charge is 2.26. The van der Waals surface area contributed by atoms with Gasteiger partial charge in [-0.2, -0.15) is 0 Å². The van der Waals surface area contributed by atoms with Crippen molar-refractivity contribution < 1.29 is 14.1 Å². The van der Waals surface area contributed by atoms with Crippen LogP contribution in [-0.2, 0) is 17.6 Å². The normalized spacial score (nSPS) is 18.8. The Kier molecular flexibility index (Phi) is 3.78. The Labute approximate surface area is 101 Å². The van der Waals surface area contributed by atoms with Crippen molar-refractivity contribution in [3.05, 3.63) is 17.0 Å². The molecule has 0 fully saturated rings. The Bertz CT molecular complexity index is 400. The van der Waals surface area contributed by atoms with E-state index in [-0.39, 0.29) is 5.91 Å². The molecular weight excluding hydrogens is 220 g/mol. The molecule has 0 saturated heterocycles. The van der Waals surface area contributed by atoms with E-state index in [9.17, 15) is 4.79 Å². The van der Waals surface area contributed by atoms with Crippen LogP contribution in [0.5, 0.6) is 0 Å². The fraction of sp³-hybridized carbons (Fsp3) is 0.667. The van der Waals surface area contributed by atoms with Gasteiger partial charge in [-0.3, -0.25) is 4.79 Å². The van der Waals surface area contributed by atoms with Gasteiger partial charge >= 0.3 is 0 Å². The van der Waals surface area contributed by atoms with E-state index in [1.54, 1.807) is 7.11 Å². The van der Waals surface area contributed by atoms with Crippen molar-refractivity contribution in [3.63, 3.8) is 0 Å². The van der Waals surface area contributed by atoms with Crippen LogP contribution < -0.4 is 5.32 Å². The summed E-state index contributed by atoms with van der Waals surface area (Å²) >= 11 is 0. The number of hydrogen-bond donors (Lipinski definition) is 1. The first-order valence-corrected chi connectivity index (χ1v) is 5.97. The summed E-state index contributed by atoms with van der Waals surface area (Å²) in [6.07, 6.45) is 2.87. The quantitative estimate of drug-likeness (QED) is 0.800. The van der Waals surface area contributed by atoms with E-state index in [1.165, 1.54) is 0 Å². The second-order valence-electron chi connectivity index (χ2n) is 4.53. The Morgan fingerprint density at radius 2 is 2.47 bits per heavy atom. The van der Waals surface area contributed by atoms with E-state index in [0.717, 1.165) is 30.6 Å². The number of nitrogens with one attached hydrogen (secondary N) is 1. The Hall–Kier alpha value is -1.36. The molecule has 0 radical (unpaired) electrons. The highest BCUT2D eigenvalue weighted by molar-refractivity contribution is 5.93. The first-order valence-electron chi connectivity index (χ1n) is 5.97. The van der Waals surface area contributed by atoms with Gasteiger partial charge in [-0.1, -0.05) is 12.1 Å². The van der Waals surface area contributed by atoms with Crippen LogP contribution in [0.1, 0.15) is 35.2 Å². The molecule has 5 nitrogen and oxygen atoms in total. The van der Waals surface area contributed by atoms with Crippen LogP contribution in [0, 0.1) is 5.92 Å². The highest BCUT2D eigenvalue weighted by atomic mass is 16.5. The summed E-state index contributed by atoms with van der Waals surface area (Å²) in [5.41, 5.74) is 1.43. The largest absolute Gasteiger partial charge is 0.383 e. The summed E-state index contributed by atoms with van der Waals surface area (Å²) in [5, 5.41) is 6.65. The van der Waals surface area contributed by atoms with Gasteiger partial charge in [0, 0.05) is 25.6 Å². The molecule has 94 valence electrons. The summed E-state index contributed by atoms with van der Waals surface area (Å²) < 4.78 is 10.1. The Morgan fingerprint density at radius 3 is 3.24 bits per heavy atom. The molecule has 0 saturated carbocycles. The monoisotopic (exact) mass is 238 g/mol. The third-order valence-corrected chi connectivity index (χ3v) is 3.09. The van der Waals surface area contributed by atoms with E-state index >= 15 is 0 Å². The van der Waals surface area contributed by atoms with Gasteiger partial charge in [0.1, 0.15) is 5.76 Å². The molecule has 0 spiro atoms. The zero-order valence-corrected chi connectivity index (χ0v) is 10.3. The minimum absolute atomic E-state index is 0.166. The third kappa shape index (κ3) is 2.66. The molecular formula is C12H18N2O3. The van der Waals surface area contributed by atoms with Gasteiger partial charge in [-0.05, 0) is 18.8 Å². The minimum atomic E-state index is -0.166. The summed E-state index contributed by atoms with van der Waals surface area (Å²) in [6, 6.07) is 0. The molecule has 1 amide bonds. The van der Waals surface area contributed by atoms with Crippen LogP contribution in [0.15, 0.2) is 4.52 Å². The van der Waals surface area contributed by atoms with Gasteiger partial charge in [0.15, 0.2) is 5.69 Å². The molecule has 0 bridgehead atoms. The second kappa shape index (κ2) is 5.31. The van der Waals surface area contributed by atoms with Crippen molar-refractivity contribution in [2.45, 2.75) is 26.2 Å². The summed E-state index contributed by atoms with van der Waals surface area (Å²) in [5.74, 6) is 1.30. The maximum Gasteiger partial charge on any atom is 0.273 e. The van der Waals surface area contributed by atoms with Gasteiger partial charge in [0.2, 0.25) is 0 Å². The molecule has 1 aliphatic carbocycles. The van der Waals surface area contributed by atoms with Gasteiger partial charge in [0.05, 0.1) is 6.61 Å². The predicted octanol–water partition coefficient (Wildman–Crippen LogP) is 1.18. The molecule has 0 aliphatic heterocycles. The van der Waals surface area contributed by atoms with Crippen LogP contribution in [-0.4, -0.2) is 31.3 Å². The lowest BCUT2D eigenvalue weighted by molar-refractivity contribution is 0.0927. The predicted molar refractivity (Wildman–Crippen MR) is 61.9 cm³/mol. The van der Waals surface area contributed by atoms with Crippen LogP contribution in [0.25, 0.3) is 0 Å². The van der Waals surface area contributed by atoms with Gasteiger partial charge in [-0.15, -0.1) is 0 Å². The molecule has 0 aromatic carbocycles. The van der Waals surface area contributed by atoms with Crippen molar-refractivity contribution in [1.29, 1.82) is 0 Å². The van der Waals surface area contributed by atoms with Crippen LogP contribution in [0.4, 0.5) is 0 Å². The van der Waals surface area contributed by atoms with Crippen molar-refractivity contribution in [2.75, 3.05) is 20.3 Å². The van der Waals surface area contributed by atoms with Crippen molar-refractivity contribution in [1.82, 2.24) is 10.5 Å². The summed E-state index contributed by atoms with van der Waals surface area (Å²) in [7, 11) is 1.60. The number of nitrogens with zero attached hydrogens (tertiary/aromatic N) is 1. The van der Waals surface area contributed by atoms with Gasteiger partial charge < -0.3 is 14.6 Å². The molecule has 17 heavy (non-hydrogen) atoms. The Morgan fingerprint density at radius 1 is 1.65 bits per heavy atom. The highest BCUT2D eigenvalue weighted by Crippen LogP contribution is 2.27. The van der Waals surface area contributed by atoms with Gasteiger partial charge in [-0.25, -0.2) is 0 Å². The van der Waals surface area contributed by atoms with Crippen molar-refractivity contribution in [2.24, 2.45) is 5.92 Å². The number of aryl methyl sites for hydroxylation is 1. The first-order chi connectivity index (χ1) is 8.22. The van der Waals surface area contributed by atoms with E-state index in [2.05, 4.69) is 17.4 Å². The molecule has 1 unspecified atom stereocenters. The van der Waals surface area contributed by atoms with E-state index in [0.29, 0.717) is 24.8 Å². The van der Waals surface area contributed by atoms with Crippen molar-refractivity contribution >= 4 is 5.91 Å². The first kappa shape index (κ1) is 12.1. The minimum Gasteiger partial charge on any atom is -0.383 e. The number of carbonyl (C=O) groups is 1. The number of aromatic nitrogens is 1. The maximum absolute atomic E-state index is 11.9. The third-order valence-electron chi connectivity index (χ3n) is 3.09. The van der Waals surface area contributed by atoms with Crippen LogP contribution >= 0.6 is 0 Å². The lowest BCUT2D eigenvalue weighted by Crippen LogP contribution is -2.28. The fourth-order valence-electron chi connectivity index (χ4n) is 2.11. The SMILES string of the molecule is COCCNC(=O)c1noc2c1CC(C)CC2. The number of amides is 1. The molecule has 5 heteroatoms. The summed E-state index contributed by atoms with van der Waals surface area (Å²) in [4.78, 5) is 11.9. The van der Waals surface area contributed by atoms with E-state index < -0.39 is 0 Å². The smallest absolute Gasteiger partial charge is 0.273 e. The average Bonchev–Trinajstić information content (AvgIpc) is 2.72. The van der Waals surface area contributed by atoms with E-state index in [1.807, 2.05) is 0 Å². The fourth-order valence-corrected chi connectivity index (χ4v) is 2.11. The second-order valence-corrected chi connectivity index (χ2v) is 4.53. The zero-order valence-electron chi connectivity index (χ0n) is 10.3. The van der Waals surface area contributed by atoms with Crippen LogP contribution in [0.2, 0.25) is 0 Å². The number of methoxy groups -OCH3 is 1. The maximum atomic E-state index is 11.9. The molecule has 1 aromatic heterocycles. The number of carbonyl (C=O) groups excluding carboxylic acids is 1. The van der Waals surface area contributed by atoms with Crippen molar-refractivity contribution in [3.8, 4) is 0 Å². The number of rotatable bonds is 4. The number of fused-ring (bicyclic) bond motifs is 1. The number of hydrogen-bond acceptors (Lipinski definition) is 4. The summed E-state index contributed by atoms with van der Waals surface area (Å²) in [6.45, 7) is 3.18.